The minimum Gasteiger partial charge on any atom is -0.447 e. The maximum atomic E-state index is 11.8. The molecule has 0 heterocycles. The number of rotatable bonds is 9. The molecule has 0 aliphatic heterocycles. The van der Waals surface area contributed by atoms with Gasteiger partial charge >= 0.3 is 12.2 Å². The van der Waals surface area contributed by atoms with Crippen LogP contribution in [0.2, 0.25) is 0 Å². The van der Waals surface area contributed by atoms with Crippen molar-refractivity contribution in [3.8, 4) is 0 Å². The third kappa shape index (κ3) is 8.23. The van der Waals surface area contributed by atoms with E-state index in [9.17, 15) is 9.59 Å². The van der Waals surface area contributed by atoms with E-state index < -0.39 is 12.2 Å². The zero-order chi connectivity index (χ0) is 21.1. The normalized spacial score (nSPS) is 11.4. The molecule has 7 heteroatoms. The molecule has 0 spiro atoms. The van der Waals surface area contributed by atoms with Gasteiger partial charge in [-0.25, -0.2) is 9.59 Å². The number of ether oxygens (including phenoxy) is 3. The molecule has 0 aliphatic carbocycles. The fourth-order valence-electron chi connectivity index (χ4n) is 2.43. The maximum absolute atomic E-state index is 11.8. The third-order valence-corrected chi connectivity index (χ3v) is 4.21. The van der Waals surface area contributed by atoms with Gasteiger partial charge in [-0.05, 0) is 55.2 Å². The van der Waals surface area contributed by atoms with Gasteiger partial charge in [0.2, 0.25) is 0 Å². The standard InChI is InChI=1S/C22H28N2O5/c1-4-16(2)29-22(26)24-20-11-7-18(8-12-20)15-17-5-9-19(10-6-17)23-21(25)28-14-13-27-3/h5-12,16H,4,13-15H2,1-3H3,(H,23,25)(H,24,26). The van der Waals surface area contributed by atoms with Gasteiger partial charge in [0.05, 0.1) is 6.61 Å². The van der Waals surface area contributed by atoms with E-state index in [0.29, 0.717) is 18.0 Å². The van der Waals surface area contributed by atoms with E-state index in [1.165, 1.54) is 0 Å². The highest BCUT2D eigenvalue weighted by Crippen LogP contribution is 2.16. The highest BCUT2D eigenvalue weighted by atomic mass is 16.6. The van der Waals surface area contributed by atoms with Gasteiger partial charge in [0.1, 0.15) is 12.7 Å². The van der Waals surface area contributed by atoms with Crippen molar-refractivity contribution in [3.63, 3.8) is 0 Å². The summed E-state index contributed by atoms with van der Waals surface area (Å²) >= 11 is 0. The van der Waals surface area contributed by atoms with Crippen molar-refractivity contribution in [1.29, 1.82) is 0 Å². The average molecular weight is 400 g/mol. The van der Waals surface area contributed by atoms with Gasteiger partial charge in [-0.15, -0.1) is 0 Å². The first-order valence-electron chi connectivity index (χ1n) is 9.58. The maximum Gasteiger partial charge on any atom is 0.411 e. The molecule has 0 aromatic heterocycles. The van der Waals surface area contributed by atoms with E-state index >= 15 is 0 Å². The second-order valence-corrected chi connectivity index (χ2v) is 6.57. The van der Waals surface area contributed by atoms with Crippen LogP contribution in [0.4, 0.5) is 21.0 Å². The topological polar surface area (TPSA) is 85.9 Å². The lowest BCUT2D eigenvalue weighted by Gasteiger charge is -2.12. The molecule has 2 aromatic rings. The number of benzene rings is 2. The van der Waals surface area contributed by atoms with Crippen LogP contribution in [0.1, 0.15) is 31.4 Å². The SMILES string of the molecule is CCC(C)OC(=O)Nc1ccc(Cc2ccc(NC(=O)OCCOC)cc2)cc1. The first kappa shape index (κ1) is 22.2. The van der Waals surface area contributed by atoms with Crippen molar-refractivity contribution < 1.29 is 23.8 Å². The van der Waals surface area contributed by atoms with Crippen LogP contribution in [-0.2, 0) is 20.6 Å². The molecule has 0 radical (unpaired) electrons. The van der Waals surface area contributed by atoms with Crippen molar-refractivity contribution in [2.45, 2.75) is 32.8 Å². The minimum atomic E-state index is -0.509. The van der Waals surface area contributed by atoms with Gasteiger partial charge in [0.15, 0.2) is 0 Å². The molecular formula is C22H28N2O5. The summed E-state index contributed by atoms with van der Waals surface area (Å²) in [5.74, 6) is 0. The summed E-state index contributed by atoms with van der Waals surface area (Å²) < 4.78 is 15.0. The Morgan fingerprint density at radius 1 is 0.862 bits per heavy atom. The molecule has 1 unspecified atom stereocenters. The lowest BCUT2D eigenvalue weighted by atomic mass is 10.0. The highest BCUT2D eigenvalue weighted by molar-refractivity contribution is 5.85. The van der Waals surface area contributed by atoms with Crippen LogP contribution in [0, 0.1) is 0 Å². The van der Waals surface area contributed by atoms with Gasteiger partial charge < -0.3 is 14.2 Å². The average Bonchev–Trinajstić information content (AvgIpc) is 2.71. The summed E-state index contributed by atoms with van der Waals surface area (Å²) in [6.45, 7) is 4.39. The molecule has 0 bridgehead atoms. The number of hydrogen-bond donors (Lipinski definition) is 2. The van der Waals surface area contributed by atoms with Crippen LogP contribution in [0.25, 0.3) is 0 Å². The fraction of sp³-hybridized carbons (Fsp3) is 0.364. The molecule has 1 atom stereocenters. The molecule has 2 aromatic carbocycles. The van der Waals surface area contributed by atoms with Gasteiger partial charge in [0.25, 0.3) is 0 Å². The summed E-state index contributed by atoms with van der Waals surface area (Å²) in [7, 11) is 1.55. The molecule has 0 fully saturated rings. The van der Waals surface area contributed by atoms with Crippen LogP contribution in [-0.4, -0.2) is 38.6 Å². The molecular weight excluding hydrogens is 372 g/mol. The molecule has 0 saturated heterocycles. The van der Waals surface area contributed by atoms with E-state index in [-0.39, 0.29) is 12.7 Å². The van der Waals surface area contributed by atoms with Crippen molar-refractivity contribution in [3.05, 3.63) is 59.7 Å². The predicted octanol–water partition coefficient (Wildman–Crippen LogP) is 4.82. The Balaban J connectivity index is 1.83. The van der Waals surface area contributed by atoms with Crippen molar-refractivity contribution in [1.82, 2.24) is 0 Å². The van der Waals surface area contributed by atoms with E-state index in [1.54, 1.807) is 7.11 Å². The molecule has 2 N–H and O–H groups in total. The number of carbonyl (C=O) groups excluding carboxylic acids is 2. The summed E-state index contributed by atoms with van der Waals surface area (Å²) in [5, 5.41) is 5.39. The summed E-state index contributed by atoms with van der Waals surface area (Å²) in [6, 6.07) is 15.1. The Hall–Kier alpha value is -3.06. The lowest BCUT2D eigenvalue weighted by Crippen LogP contribution is -2.19. The number of methoxy groups -OCH3 is 1. The van der Waals surface area contributed by atoms with E-state index in [0.717, 1.165) is 24.0 Å². The van der Waals surface area contributed by atoms with Crippen LogP contribution in [0.3, 0.4) is 0 Å². The monoisotopic (exact) mass is 400 g/mol. The molecule has 7 nitrogen and oxygen atoms in total. The smallest absolute Gasteiger partial charge is 0.411 e. The number of nitrogens with one attached hydrogen (secondary N) is 2. The summed E-state index contributed by atoms with van der Waals surface area (Å²) in [4.78, 5) is 23.4. The Bertz CT molecular complexity index is 775. The zero-order valence-electron chi connectivity index (χ0n) is 17.1. The number of hydrogen-bond acceptors (Lipinski definition) is 5. The summed E-state index contributed by atoms with van der Waals surface area (Å²) in [5.41, 5.74) is 3.55. The Labute approximate surface area is 171 Å². The first-order valence-corrected chi connectivity index (χ1v) is 9.58. The molecule has 2 rings (SSSR count). The van der Waals surface area contributed by atoms with Crippen molar-refractivity contribution in [2.75, 3.05) is 31.0 Å². The van der Waals surface area contributed by atoms with E-state index in [1.807, 2.05) is 62.4 Å². The molecule has 0 saturated carbocycles. The Kier molecular flexibility index (Phi) is 8.98. The quantitative estimate of drug-likeness (QED) is 0.590. The van der Waals surface area contributed by atoms with Crippen LogP contribution >= 0.6 is 0 Å². The lowest BCUT2D eigenvalue weighted by molar-refractivity contribution is 0.107. The number of amides is 2. The number of carbonyl (C=O) groups is 2. The molecule has 0 aliphatic rings. The Morgan fingerprint density at radius 3 is 1.86 bits per heavy atom. The molecule has 156 valence electrons. The molecule has 29 heavy (non-hydrogen) atoms. The molecule has 2 amide bonds. The van der Waals surface area contributed by atoms with E-state index in [4.69, 9.17) is 14.2 Å². The van der Waals surface area contributed by atoms with Crippen molar-refractivity contribution >= 4 is 23.6 Å². The minimum absolute atomic E-state index is 0.112. The predicted molar refractivity (Wildman–Crippen MR) is 112 cm³/mol. The fourth-order valence-corrected chi connectivity index (χ4v) is 2.43. The van der Waals surface area contributed by atoms with Crippen LogP contribution in [0.5, 0.6) is 0 Å². The first-order chi connectivity index (χ1) is 14.0. The van der Waals surface area contributed by atoms with Gasteiger partial charge in [-0.3, -0.25) is 10.6 Å². The summed E-state index contributed by atoms with van der Waals surface area (Å²) in [6.07, 6.45) is 0.436. The Morgan fingerprint density at radius 2 is 1.38 bits per heavy atom. The highest BCUT2D eigenvalue weighted by Gasteiger charge is 2.08. The third-order valence-electron chi connectivity index (χ3n) is 4.21. The largest absolute Gasteiger partial charge is 0.447 e. The zero-order valence-corrected chi connectivity index (χ0v) is 17.1. The van der Waals surface area contributed by atoms with Gasteiger partial charge in [0, 0.05) is 18.5 Å². The van der Waals surface area contributed by atoms with Gasteiger partial charge in [-0.2, -0.15) is 0 Å². The van der Waals surface area contributed by atoms with Crippen LogP contribution in [0.15, 0.2) is 48.5 Å². The number of anilines is 2. The van der Waals surface area contributed by atoms with E-state index in [2.05, 4.69) is 10.6 Å². The second-order valence-electron chi connectivity index (χ2n) is 6.57. The van der Waals surface area contributed by atoms with Gasteiger partial charge in [-0.1, -0.05) is 31.2 Å². The van der Waals surface area contributed by atoms with Crippen molar-refractivity contribution in [2.24, 2.45) is 0 Å². The second kappa shape index (κ2) is 11.7. The van der Waals surface area contributed by atoms with Crippen LogP contribution < -0.4 is 10.6 Å².